The van der Waals surface area contributed by atoms with Gasteiger partial charge < -0.3 is 14.4 Å². The minimum absolute atomic E-state index is 0.0280. The molecule has 0 aromatic carbocycles. The molecule has 6 heteroatoms. The van der Waals surface area contributed by atoms with E-state index < -0.39 is 0 Å². The number of aryl methyl sites for hydroxylation is 1. The Labute approximate surface area is 141 Å². The molecular formula is C18H21N3O3. The molecule has 24 heavy (non-hydrogen) atoms. The maximum absolute atomic E-state index is 12.5. The van der Waals surface area contributed by atoms with E-state index in [1.807, 2.05) is 26.0 Å². The Kier molecular flexibility index (Phi) is 4.93. The van der Waals surface area contributed by atoms with Crippen molar-refractivity contribution < 1.29 is 14.3 Å². The van der Waals surface area contributed by atoms with Gasteiger partial charge >= 0.3 is 0 Å². The van der Waals surface area contributed by atoms with Crippen LogP contribution in [0, 0.1) is 6.92 Å². The molecule has 0 radical (unpaired) electrons. The lowest BCUT2D eigenvalue weighted by Crippen LogP contribution is -2.31. The number of aromatic nitrogens is 2. The first-order valence-corrected chi connectivity index (χ1v) is 8.13. The summed E-state index contributed by atoms with van der Waals surface area (Å²) in [6.45, 7) is 5.66. The number of rotatable bonds is 5. The molecule has 6 nitrogen and oxygen atoms in total. The molecule has 2 aromatic heterocycles. The standard InChI is InChI=1S/C18H21N3O3/c1-3-23-16-7-5-14(11-20-16)18(22)21-9-8-15(12-21)24-17-6-4-13(2)10-19-17/h4-7,10-11,15H,3,8-9,12H2,1-2H3. The van der Waals surface area contributed by atoms with Gasteiger partial charge in [-0.3, -0.25) is 4.79 Å². The molecule has 2 aromatic rings. The van der Waals surface area contributed by atoms with Crippen LogP contribution in [0.1, 0.15) is 29.3 Å². The number of hydrogen-bond acceptors (Lipinski definition) is 5. The number of hydrogen-bond donors (Lipinski definition) is 0. The van der Waals surface area contributed by atoms with Crippen molar-refractivity contribution in [2.45, 2.75) is 26.4 Å². The van der Waals surface area contributed by atoms with E-state index in [1.165, 1.54) is 0 Å². The van der Waals surface area contributed by atoms with Crippen molar-refractivity contribution in [2.75, 3.05) is 19.7 Å². The number of pyridine rings is 2. The van der Waals surface area contributed by atoms with Gasteiger partial charge in [-0.25, -0.2) is 9.97 Å². The molecule has 0 N–H and O–H groups in total. The van der Waals surface area contributed by atoms with Gasteiger partial charge in [0.2, 0.25) is 11.8 Å². The van der Waals surface area contributed by atoms with Crippen LogP contribution in [0.25, 0.3) is 0 Å². The van der Waals surface area contributed by atoms with E-state index in [-0.39, 0.29) is 12.0 Å². The molecule has 1 unspecified atom stereocenters. The van der Waals surface area contributed by atoms with Gasteiger partial charge in [-0.05, 0) is 25.5 Å². The molecule has 1 amide bonds. The van der Waals surface area contributed by atoms with E-state index >= 15 is 0 Å². The summed E-state index contributed by atoms with van der Waals surface area (Å²) in [7, 11) is 0. The second-order valence-corrected chi connectivity index (χ2v) is 5.77. The highest BCUT2D eigenvalue weighted by molar-refractivity contribution is 5.94. The fourth-order valence-electron chi connectivity index (χ4n) is 2.63. The molecule has 1 aliphatic rings. The predicted octanol–water partition coefficient (Wildman–Crippen LogP) is 2.48. The molecule has 1 fully saturated rings. The summed E-state index contributed by atoms with van der Waals surface area (Å²) < 4.78 is 11.2. The van der Waals surface area contributed by atoms with Crippen molar-refractivity contribution in [2.24, 2.45) is 0 Å². The van der Waals surface area contributed by atoms with Crippen LogP contribution < -0.4 is 9.47 Å². The Balaban J connectivity index is 1.58. The van der Waals surface area contributed by atoms with E-state index in [0.717, 1.165) is 12.0 Å². The lowest BCUT2D eigenvalue weighted by molar-refractivity contribution is 0.0770. The monoisotopic (exact) mass is 327 g/mol. The summed E-state index contributed by atoms with van der Waals surface area (Å²) in [5.41, 5.74) is 1.65. The smallest absolute Gasteiger partial charge is 0.255 e. The third-order valence-corrected chi connectivity index (χ3v) is 3.88. The second-order valence-electron chi connectivity index (χ2n) is 5.77. The number of ether oxygens (including phenoxy) is 2. The maximum Gasteiger partial charge on any atom is 0.255 e. The highest BCUT2D eigenvalue weighted by Crippen LogP contribution is 2.19. The van der Waals surface area contributed by atoms with Gasteiger partial charge in [0.1, 0.15) is 6.10 Å². The number of amides is 1. The highest BCUT2D eigenvalue weighted by Gasteiger charge is 2.28. The Morgan fingerprint density at radius 3 is 2.67 bits per heavy atom. The fourth-order valence-corrected chi connectivity index (χ4v) is 2.63. The maximum atomic E-state index is 12.5. The van der Waals surface area contributed by atoms with Gasteiger partial charge in [-0.15, -0.1) is 0 Å². The van der Waals surface area contributed by atoms with E-state index in [0.29, 0.717) is 37.0 Å². The topological polar surface area (TPSA) is 64.5 Å². The molecule has 0 saturated carbocycles. The van der Waals surface area contributed by atoms with Gasteiger partial charge in [0.15, 0.2) is 0 Å². The first-order chi connectivity index (χ1) is 11.7. The van der Waals surface area contributed by atoms with Gasteiger partial charge in [0, 0.05) is 37.5 Å². The van der Waals surface area contributed by atoms with Crippen LogP contribution in [0.2, 0.25) is 0 Å². The van der Waals surface area contributed by atoms with Crippen molar-refractivity contribution in [3.8, 4) is 11.8 Å². The third-order valence-electron chi connectivity index (χ3n) is 3.88. The van der Waals surface area contributed by atoms with Crippen LogP contribution in [0.5, 0.6) is 11.8 Å². The molecule has 1 aliphatic heterocycles. The van der Waals surface area contributed by atoms with Crippen molar-refractivity contribution in [1.82, 2.24) is 14.9 Å². The zero-order valence-corrected chi connectivity index (χ0v) is 13.9. The molecular weight excluding hydrogens is 306 g/mol. The Hall–Kier alpha value is -2.63. The average Bonchev–Trinajstić information content (AvgIpc) is 3.06. The summed E-state index contributed by atoms with van der Waals surface area (Å²) in [4.78, 5) is 22.7. The normalized spacial score (nSPS) is 16.9. The number of carbonyl (C=O) groups is 1. The van der Waals surface area contributed by atoms with Gasteiger partial charge in [-0.1, -0.05) is 6.07 Å². The zero-order valence-electron chi connectivity index (χ0n) is 13.9. The van der Waals surface area contributed by atoms with Crippen LogP contribution in [0.4, 0.5) is 0 Å². The summed E-state index contributed by atoms with van der Waals surface area (Å²) in [6.07, 6.45) is 4.10. The minimum Gasteiger partial charge on any atom is -0.478 e. The van der Waals surface area contributed by atoms with Crippen LogP contribution >= 0.6 is 0 Å². The Morgan fingerprint density at radius 1 is 1.21 bits per heavy atom. The summed E-state index contributed by atoms with van der Waals surface area (Å²) in [6, 6.07) is 7.29. The quantitative estimate of drug-likeness (QED) is 0.844. The minimum atomic E-state index is -0.0338. The third kappa shape index (κ3) is 3.82. The van der Waals surface area contributed by atoms with Gasteiger partial charge in [0.25, 0.3) is 5.91 Å². The van der Waals surface area contributed by atoms with E-state index in [2.05, 4.69) is 9.97 Å². The van der Waals surface area contributed by atoms with Gasteiger partial charge in [-0.2, -0.15) is 0 Å². The lowest BCUT2D eigenvalue weighted by Gasteiger charge is -2.17. The van der Waals surface area contributed by atoms with Crippen molar-refractivity contribution >= 4 is 5.91 Å². The first kappa shape index (κ1) is 16.2. The highest BCUT2D eigenvalue weighted by atomic mass is 16.5. The Morgan fingerprint density at radius 2 is 2.00 bits per heavy atom. The van der Waals surface area contributed by atoms with Crippen LogP contribution in [0.15, 0.2) is 36.7 Å². The molecule has 1 saturated heterocycles. The second kappa shape index (κ2) is 7.29. The average molecular weight is 327 g/mol. The Bertz CT molecular complexity index is 686. The largest absolute Gasteiger partial charge is 0.478 e. The number of nitrogens with zero attached hydrogens (tertiary/aromatic N) is 3. The molecule has 126 valence electrons. The predicted molar refractivity (Wildman–Crippen MR) is 89.3 cm³/mol. The summed E-state index contributed by atoms with van der Waals surface area (Å²) in [5, 5.41) is 0. The summed E-state index contributed by atoms with van der Waals surface area (Å²) in [5.74, 6) is 1.10. The fraction of sp³-hybridized carbons (Fsp3) is 0.389. The van der Waals surface area contributed by atoms with E-state index in [1.54, 1.807) is 29.4 Å². The molecule has 1 atom stereocenters. The van der Waals surface area contributed by atoms with Crippen molar-refractivity contribution in [3.05, 3.63) is 47.8 Å². The van der Waals surface area contributed by atoms with Crippen molar-refractivity contribution in [3.63, 3.8) is 0 Å². The molecule has 0 bridgehead atoms. The van der Waals surface area contributed by atoms with Crippen LogP contribution in [0.3, 0.4) is 0 Å². The SMILES string of the molecule is CCOc1ccc(C(=O)N2CCC(Oc3ccc(C)cn3)C2)cn1. The molecule has 0 aliphatic carbocycles. The molecule has 0 spiro atoms. The molecule has 3 heterocycles. The van der Waals surface area contributed by atoms with Crippen LogP contribution in [-0.2, 0) is 0 Å². The van der Waals surface area contributed by atoms with E-state index in [4.69, 9.17) is 9.47 Å². The first-order valence-electron chi connectivity index (χ1n) is 8.13. The van der Waals surface area contributed by atoms with Crippen LogP contribution in [-0.4, -0.2) is 46.6 Å². The summed E-state index contributed by atoms with van der Waals surface area (Å²) >= 11 is 0. The zero-order chi connectivity index (χ0) is 16.9. The van der Waals surface area contributed by atoms with Crippen molar-refractivity contribution in [1.29, 1.82) is 0 Å². The lowest BCUT2D eigenvalue weighted by atomic mass is 10.2. The van der Waals surface area contributed by atoms with E-state index in [9.17, 15) is 4.79 Å². The number of carbonyl (C=O) groups excluding carboxylic acids is 1. The molecule has 3 rings (SSSR count). The van der Waals surface area contributed by atoms with Gasteiger partial charge in [0.05, 0.1) is 18.7 Å². The number of likely N-dealkylation sites (tertiary alicyclic amines) is 1.